The van der Waals surface area contributed by atoms with Crippen LogP contribution in [-0.2, 0) is 5.75 Å². The van der Waals surface area contributed by atoms with Crippen molar-refractivity contribution in [2.24, 2.45) is 0 Å². The zero-order valence-corrected chi connectivity index (χ0v) is 18.3. The van der Waals surface area contributed by atoms with Gasteiger partial charge in [-0.1, -0.05) is 30.8 Å². The SMILES string of the molecule is CCC(C)NC(=O)c1coc(CSc2nnc(-c3ccco3)n2-c2cccc(C)c2)n1. The molecule has 1 atom stereocenters. The number of aromatic nitrogens is 4. The van der Waals surface area contributed by atoms with Gasteiger partial charge < -0.3 is 14.2 Å². The average Bonchev–Trinajstić information content (AvgIpc) is 3.52. The second kappa shape index (κ2) is 9.22. The van der Waals surface area contributed by atoms with Crippen LogP contribution in [0.25, 0.3) is 17.3 Å². The molecule has 1 aromatic carbocycles. The highest BCUT2D eigenvalue weighted by atomic mass is 32.2. The second-order valence-electron chi connectivity index (χ2n) is 7.16. The molecule has 4 aromatic rings. The highest BCUT2D eigenvalue weighted by Gasteiger charge is 2.20. The van der Waals surface area contributed by atoms with Crippen LogP contribution in [0.3, 0.4) is 0 Å². The van der Waals surface area contributed by atoms with Gasteiger partial charge in [-0.25, -0.2) is 4.98 Å². The van der Waals surface area contributed by atoms with Gasteiger partial charge in [0, 0.05) is 6.04 Å². The molecule has 1 N–H and O–H groups in total. The minimum Gasteiger partial charge on any atom is -0.461 e. The van der Waals surface area contributed by atoms with Crippen molar-refractivity contribution in [3.8, 4) is 17.3 Å². The summed E-state index contributed by atoms with van der Waals surface area (Å²) in [6.45, 7) is 5.99. The van der Waals surface area contributed by atoms with E-state index in [1.165, 1.54) is 18.0 Å². The van der Waals surface area contributed by atoms with Gasteiger partial charge in [0.15, 0.2) is 16.6 Å². The van der Waals surface area contributed by atoms with Gasteiger partial charge in [-0.15, -0.1) is 10.2 Å². The number of hydrogen-bond donors (Lipinski definition) is 1. The summed E-state index contributed by atoms with van der Waals surface area (Å²) >= 11 is 1.42. The minimum absolute atomic E-state index is 0.0786. The molecule has 1 amide bonds. The highest BCUT2D eigenvalue weighted by molar-refractivity contribution is 7.98. The number of oxazole rings is 1. The number of carbonyl (C=O) groups is 1. The van der Waals surface area contributed by atoms with E-state index in [0.717, 1.165) is 17.7 Å². The highest BCUT2D eigenvalue weighted by Crippen LogP contribution is 2.30. The summed E-state index contributed by atoms with van der Waals surface area (Å²) in [6.07, 6.45) is 3.84. The van der Waals surface area contributed by atoms with E-state index >= 15 is 0 Å². The molecular weight excluding hydrogens is 414 g/mol. The van der Waals surface area contributed by atoms with Gasteiger partial charge in [0.25, 0.3) is 5.91 Å². The van der Waals surface area contributed by atoms with Crippen molar-refractivity contribution < 1.29 is 13.6 Å². The van der Waals surface area contributed by atoms with E-state index in [-0.39, 0.29) is 17.6 Å². The molecule has 0 aliphatic heterocycles. The van der Waals surface area contributed by atoms with Crippen molar-refractivity contribution in [1.29, 1.82) is 0 Å². The van der Waals surface area contributed by atoms with E-state index in [2.05, 4.69) is 26.6 Å². The predicted octanol–water partition coefficient (Wildman–Crippen LogP) is 4.64. The van der Waals surface area contributed by atoms with Gasteiger partial charge in [0.2, 0.25) is 11.7 Å². The van der Waals surface area contributed by atoms with Crippen LogP contribution in [0.2, 0.25) is 0 Å². The summed E-state index contributed by atoms with van der Waals surface area (Å²) in [5.74, 6) is 1.84. The molecule has 0 bridgehead atoms. The summed E-state index contributed by atoms with van der Waals surface area (Å²) in [5, 5.41) is 12.2. The molecule has 0 aliphatic rings. The molecule has 9 heteroatoms. The van der Waals surface area contributed by atoms with Gasteiger partial charge in [-0.05, 0) is 50.1 Å². The molecule has 8 nitrogen and oxygen atoms in total. The Morgan fingerprint density at radius 1 is 1.23 bits per heavy atom. The Hall–Kier alpha value is -3.33. The first-order valence-electron chi connectivity index (χ1n) is 9.99. The molecule has 3 aromatic heterocycles. The lowest BCUT2D eigenvalue weighted by atomic mass is 10.2. The number of carbonyl (C=O) groups excluding carboxylic acids is 1. The van der Waals surface area contributed by atoms with Crippen LogP contribution in [-0.4, -0.2) is 31.7 Å². The number of hydrogen-bond acceptors (Lipinski definition) is 7. The molecule has 0 fully saturated rings. The maximum atomic E-state index is 12.2. The van der Waals surface area contributed by atoms with Crippen LogP contribution >= 0.6 is 11.8 Å². The normalized spacial score (nSPS) is 12.1. The Morgan fingerprint density at radius 3 is 2.84 bits per heavy atom. The third kappa shape index (κ3) is 4.72. The quantitative estimate of drug-likeness (QED) is 0.401. The summed E-state index contributed by atoms with van der Waals surface area (Å²) in [4.78, 5) is 16.5. The fourth-order valence-electron chi connectivity index (χ4n) is 2.94. The van der Waals surface area contributed by atoms with E-state index in [0.29, 0.717) is 28.4 Å². The zero-order valence-electron chi connectivity index (χ0n) is 17.5. The molecule has 160 valence electrons. The van der Waals surface area contributed by atoms with E-state index in [4.69, 9.17) is 8.83 Å². The van der Waals surface area contributed by atoms with Gasteiger partial charge in [0.1, 0.15) is 6.26 Å². The number of rotatable bonds is 8. The molecule has 0 radical (unpaired) electrons. The zero-order chi connectivity index (χ0) is 21.8. The summed E-state index contributed by atoms with van der Waals surface area (Å²) in [5.41, 5.74) is 2.32. The van der Waals surface area contributed by atoms with Gasteiger partial charge in [0.05, 0.1) is 17.7 Å². The third-order valence-corrected chi connectivity index (χ3v) is 5.65. The molecule has 1 unspecified atom stereocenters. The number of amides is 1. The first-order valence-corrected chi connectivity index (χ1v) is 11.0. The standard InChI is InChI=1S/C22H23N5O3S/c1-4-15(3)23-21(28)17-12-30-19(24-17)13-31-22-26-25-20(18-9-6-10-29-18)27(22)16-8-5-7-14(2)11-16/h5-12,15H,4,13H2,1-3H3,(H,23,28). The van der Waals surface area contributed by atoms with Crippen LogP contribution < -0.4 is 5.32 Å². The Bertz CT molecular complexity index is 1170. The molecule has 0 aliphatic carbocycles. The molecule has 31 heavy (non-hydrogen) atoms. The fraction of sp³-hybridized carbons (Fsp3) is 0.273. The summed E-state index contributed by atoms with van der Waals surface area (Å²) in [6, 6.07) is 11.8. The maximum Gasteiger partial charge on any atom is 0.273 e. The van der Waals surface area contributed by atoms with Crippen LogP contribution in [0.15, 0.2) is 62.9 Å². The molecule has 3 heterocycles. The maximum absolute atomic E-state index is 12.2. The fourth-order valence-corrected chi connectivity index (χ4v) is 3.74. The van der Waals surface area contributed by atoms with Crippen molar-refractivity contribution in [3.63, 3.8) is 0 Å². The number of furan rings is 1. The van der Waals surface area contributed by atoms with Crippen molar-refractivity contribution in [2.45, 2.75) is 44.1 Å². The first-order chi connectivity index (χ1) is 15.0. The monoisotopic (exact) mass is 437 g/mol. The Kier molecular flexibility index (Phi) is 6.22. The molecule has 0 saturated carbocycles. The third-order valence-electron chi connectivity index (χ3n) is 4.73. The molecule has 0 saturated heterocycles. The average molecular weight is 438 g/mol. The smallest absolute Gasteiger partial charge is 0.273 e. The van der Waals surface area contributed by atoms with Crippen LogP contribution in [0.5, 0.6) is 0 Å². The van der Waals surface area contributed by atoms with Gasteiger partial charge in [-0.3, -0.25) is 9.36 Å². The van der Waals surface area contributed by atoms with E-state index in [1.54, 1.807) is 6.26 Å². The van der Waals surface area contributed by atoms with Crippen molar-refractivity contribution in [3.05, 3.63) is 66.1 Å². The van der Waals surface area contributed by atoms with Crippen molar-refractivity contribution in [1.82, 2.24) is 25.1 Å². The van der Waals surface area contributed by atoms with Crippen LogP contribution in [0.1, 0.15) is 42.2 Å². The van der Waals surface area contributed by atoms with E-state index in [9.17, 15) is 4.79 Å². The lowest BCUT2D eigenvalue weighted by Crippen LogP contribution is -2.32. The largest absolute Gasteiger partial charge is 0.461 e. The number of nitrogens with one attached hydrogen (secondary N) is 1. The first kappa shape index (κ1) is 20.9. The Labute approximate surface area is 184 Å². The number of aryl methyl sites for hydroxylation is 1. The Balaban J connectivity index is 1.56. The topological polar surface area (TPSA) is 99.0 Å². The Morgan fingerprint density at radius 2 is 2.10 bits per heavy atom. The van der Waals surface area contributed by atoms with Crippen molar-refractivity contribution >= 4 is 17.7 Å². The lowest BCUT2D eigenvalue weighted by molar-refractivity contribution is 0.0934. The number of benzene rings is 1. The lowest BCUT2D eigenvalue weighted by Gasteiger charge is -2.09. The number of nitrogens with zero attached hydrogens (tertiary/aromatic N) is 4. The minimum atomic E-state index is -0.239. The molecule has 4 rings (SSSR count). The second-order valence-corrected chi connectivity index (χ2v) is 8.10. The molecular formula is C22H23N5O3S. The number of thioether (sulfide) groups is 1. The summed E-state index contributed by atoms with van der Waals surface area (Å²) < 4.78 is 13.0. The van der Waals surface area contributed by atoms with Gasteiger partial charge in [-0.2, -0.15) is 0 Å². The van der Waals surface area contributed by atoms with Crippen molar-refractivity contribution in [2.75, 3.05) is 0 Å². The predicted molar refractivity (Wildman–Crippen MR) is 117 cm³/mol. The summed E-state index contributed by atoms with van der Waals surface area (Å²) in [7, 11) is 0. The van der Waals surface area contributed by atoms with Crippen LogP contribution in [0.4, 0.5) is 0 Å². The van der Waals surface area contributed by atoms with E-state index in [1.807, 2.05) is 55.7 Å². The van der Waals surface area contributed by atoms with E-state index < -0.39 is 0 Å². The molecule has 0 spiro atoms. The van der Waals surface area contributed by atoms with Crippen LogP contribution in [0, 0.1) is 6.92 Å². The van der Waals surface area contributed by atoms with Gasteiger partial charge >= 0.3 is 0 Å².